The molecule has 0 saturated heterocycles. The molecule has 10 heteroatoms. The Hall–Kier alpha value is -3.43. The number of hydrogen-bond acceptors (Lipinski definition) is 4. The molecule has 0 aliphatic rings. The molecule has 3 aromatic carbocycles. The van der Waals surface area contributed by atoms with Crippen molar-refractivity contribution in [2.75, 3.05) is 10.8 Å². The lowest BCUT2D eigenvalue weighted by Gasteiger charge is -2.32. The summed E-state index contributed by atoms with van der Waals surface area (Å²) in [6, 6.07) is 17.0. The molecule has 0 aliphatic carbocycles. The Balaban J connectivity index is 2.01. The summed E-state index contributed by atoms with van der Waals surface area (Å²) in [7, 11) is -4.26. The Morgan fingerprint density at radius 2 is 1.54 bits per heavy atom. The Labute approximate surface area is 234 Å². The maximum absolute atomic E-state index is 13.9. The van der Waals surface area contributed by atoms with Crippen LogP contribution in [0.2, 0.25) is 5.02 Å². The lowest BCUT2D eigenvalue weighted by atomic mass is 10.1. The highest BCUT2D eigenvalue weighted by molar-refractivity contribution is 7.92. The maximum Gasteiger partial charge on any atom is 0.264 e. The van der Waals surface area contributed by atoms with Crippen LogP contribution in [0.3, 0.4) is 0 Å². The minimum Gasteiger partial charge on any atom is -0.352 e. The first-order chi connectivity index (χ1) is 18.4. The van der Waals surface area contributed by atoms with Crippen LogP contribution in [0, 0.1) is 12.7 Å². The van der Waals surface area contributed by atoms with E-state index in [1.165, 1.54) is 4.90 Å². The normalized spacial score (nSPS) is 12.9. The fourth-order valence-electron chi connectivity index (χ4n) is 3.81. The van der Waals surface area contributed by atoms with Crippen LogP contribution in [0.25, 0.3) is 0 Å². The van der Waals surface area contributed by atoms with Gasteiger partial charge in [-0.05, 0) is 81.3 Å². The third kappa shape index (κ3) is 7.80. The van der Waals surface area contributed by atoms with Gasteiger partial charge in [0.2, 0.25) is 11.8 Å². The molecule has 0 bridgehead atoms. The first kappa shape index (κ1) is 30.1. The Bertz CT molecular complexity index is 1380. The first-order valence-corrected chi connectivity index (χ1v) is 14.4. The zero-order chi connectivity index (χ0) is 28.7. The molecule has 3 rings (SSSR count). The van der Waals surface area contributed by atoms with E-state index in [2.05, 4.69) is 5.32 Å². The third-order valence-electron chi connectivity index (χ3n) is 6.44. The minimum absolute atomic E-state index is 0.0590. The summed E-state index contributed by atoms with van der Waals surface area (Å²) >= 11 is 6.02. The number of benzene rings is 3. The van der Waals surface area contributed by atoms with E-state index in [1.54, 1.807) is 55.5 Å². The molecule has 0 fully saturated rings. The van der Waals surface area contributed by atoms with E-state index in [1.807, 2.05) is 20.8 Å². The first-order valence-electron chi connectivity index (χ1n) is 12.6. The van der Waals surface area contributed by atoms with Crippen molar-refractivity contribution in [1.82, 2.24) is 10.2 Å². The van der Waals surface area contributed by atoms with Crippen molar-refractivity contribution in [3.8, 4) is 0 Å². The number of amides is 2. The average molecular weight is 574 g/mol. The molecule has 208 valence electrons. The monoisotopic (exact) mass is 573 g/mol. The number of sulfonamides is 1. The van der Waals surface area contributed by atoms with Crippen molar-refractivity contribution in [2.24, 2.45) is 0 Å². The van der Waals surface area contributed by atoms with Crippen LogP contribution in [0.4, 0.5) is 10.1 Å². The average Bonchev–Trinajstić information content (AvgIpc) is 2.91. The Kier molecular flexibility index (Phi) is 10.1. The van der Waals surface area contributed by atoms with Gasteiger partial charge in [0.05, 0.1) is 10.6 Å². The molecular formula is C29H33ClFN3O4S. The van der Waals surface area contributed by atoms with Crippen LogP contribution in [0.5, 0.6) is 0 Å². The molecule has 2 unspecified atom stereocenters. The summed E-state index contributed by atoms with van der Waals surface area (Å²) in [5.74, 6) is -1.51. The van der Waals surface area contributed by atoms with E-state index in [0.29, 0.717) is 11.4 Å². The zero-order valence-corrected chi connectivity index (χ0v) is 24.0. The van der Waals surface area contributed by atoms with E-state index < -0.39 is 34.3 Å². The number of hydrogen-bond donors (Lipinski definition) is 1. The van der Waals surface area contributed by atoms with Gasteiger partial charge in [-0.25, -0.2) is 12.8 Å². The third-order valence-corrected chi connectivity index (χ3v) is 8.48. The van der Waals surface area contributed by atoms with Crippen LogP contribution in [0.15, 0.2) is 77.7 Å². The number of halogens is 2. The van der Waals surface area contributed by atoms with Gasteiger partial charge in [0, 0.05) is 17.6 Å². The van der Waals surface area contributed by atoms with Crippen molar-refractivity contribution < 1.29 is 22.4 Å². The molecule has 39 heavy (non-hydrogen) atoms. The van der Waals surface area contributed by atoms with E-state index in [-0.39, 0.29) is 29.1 Å². The second-order valence-electron chi connectivity index (χ2n) is 9.44. The molecular weight excluding hydrogens is 541 g/mol. The molecule has 2 amide bonds. The van der Waals surface area contributed by atoms with Crippen LogP contribution >= 0.6 is 11.6 Å². The number of aryl methyl sites for hydroxylation is 1. The number of carbonyl (C=O) groups excluding carboxylic acids is 2. The van der Waals surface area contributed by atoms with Gasteiger partial charge in [0.15, 0.2) is 0 Å². The van der Waals surface area contributed by atoms with E-state index in [0.717, 1.165) is 39.7 Å². The van der Waals surface area contributed by atoms with E-state index in [4.69, 9.17) is 11.6 Å². The summed E-state index contributed by atoms with van der Waals surface area (Å²) in [5, 5.41) is 3.41. The molecule has 0 radical (unpaired) electrons. The summed E-state index contributed by atoms with van der Waals surface area (Å²) in [6.45, 7) is 6.76. The summed E-state index contributed by atoms with van der Waals surface area (Å²) < 4.78 is 42.0. The standard InChI is InChI=1S/C29H33ClFN3O4S/c1-5-21(3)32-29(36)22(4)33(18-23-8-10-24(30)11-9-23)28(35)19-34(26-14-6-20(2)7-15-26)39(37,38)27-16-12-25(31)13-17-27/h6-17,21-22H,5,18-19H2,1-4H3,(H,32,36). The number of carbonyl (C=O) groups is 2. The van der Waals surface area contributed by atoms with Crippen LogP contribution in [-0.4, -0.2) is 43.8 Å². The van der Waals surface area contributed by atoms with Gasteiger partial charge < -0.3 is 10.2 Å². The van der Waals surface area contributed by atoms with Crippen molar-refractivity contribution in [3.05, 3.63) is 94.8 Å². The predicted octanol–water partition coefficient (Wildman–Crippen LogP) is 5.31. The van der Waals surface area contributed by atoms with E-state index in [9.17, 15) is 22.4 Å². The smallest absolute Gasteiger partial charge is 0.264 e. The van der Waals surface area contributed by atoms with Gasteiger partial charge in [-0.3, -0.25) is 13.9 Å². The van der Waals surface area contributed by atoms with Gasteiger partial charge in [-0.2, -0.15) is 0 Å². The highest BCUT2D eigenvalue weighted by Crippen LogP contribution is 2.25. The van der Waals surface area contributed by atoms with Gasteiger partial charge in [0.25, 0.3) is 10.0 Å². The second kappa shape index (κ2) is 13.1. The van der Waals surface area contributed by atoms with Gasteiger partial charge in [-0.1, -0.05) is 48.4 Å². The Morgan fingerprint density at radius 1 is 0.949 bits per heavy atom. The van der Waals surface area contributed by atoms with Crippen molar-refractivity contribution >= 4 is 39.1 Å². The molecule has 0 spiro atoms. The molecule has 3 aromatic rings. The van der Waals surface area contributed by atoms with Crippen LogP contribution < -0.4 is 9.62 Å². The highest BCUT2D eigenvalue weighted by Gasteiger charge is 2.32. The number of nitrogens with one attached hydrogen (secondary N) is 1. The molecule has 1 N–H and O–H groups in total. The maximum atomic E-state index is 13.9. The summed E-state index contributed by atoms with van der Waals surface area (Å²) in [6.07, 6.45) is 0.709. The molecule has 2 atom stereocenters. The lowest BCUT2D eigenvalue weighted by molar-refractivity contribution is -0.139. The number of nitrogens with zero attached hydrogens (tertiary/aromatic N) is 2. The van der Waals surface area contributed by atoms with Crippen molar-refractivity contribution in [2.45, 2.75) is 57.6 Å². The van der Waals surface area contributed by atoms with Gasteiger partial charge in [0.1, 0.15) is 18.4 Å². The largest absolute Gasteiger partial charge is 0.352 e. The molecule has 0 aromatic heterocycles. The summed E-state index contributed by atoms with van der Waals surface area (Å²) in [5.41, 5.74) is 1.89. The number of rotatable bonds is 11. The molecule has 0 aliphatic heterocycles. The number of anilines is 1. The van der Waals surface area contributed by atoms with Gasteiger partial charge >= 0.3 is 0 Å². The van der Waals surface area contributed by atoms with Crippen molar-refractivity contribution in [1.29, 1.82) is 0 Å². The fraction of sp³-hybridized carbons (Fsp3) is 0.310. The molecule has 7 nitrogen and oxygen atoms in total. The van der Waals surface area contributed by atoms with E-state index >= 15 is 0 Å². The second-order valence-corrected chi connectivity index (χ2v) is 11.7. The van der Waals surface area contributed by atoms with Crippen LogP contribution in [0.1, 0.15) is 38.3 Å². The van der Waals surface area contributed by atoms with Gasteiger partial charge in [-0.15, -0.1) is 0 Å². The Morgan fingerprint density at radius 3 is 2.10 bits per heavy atom. The molecule has 0 saturated carbocycles. The molecule has 0 heterocycles. The SMILES string of the molecule is CCC(C)NC(=O)C(C)N(Cc1ccc(Cl)cc1)C(=O)CN(c1ccc(C)cc1)S(=O)(=O)c1ccc(F)cc1. The lowest BCUT2D eigenvalue weighted by Crippen LogP contribution is -2.52. The zero-order valence-electron chi connectivity index (χ0n) is 22.4. The van der Waals surface area contributed by atoms with Crippen molar-refractivity contribution in [3.63, 3.8) is 0 Å². The summed E-state index contributed by atoms with van der Waals surface area (Å²) in [4.78, 5) is 28.1. The topological polar surface area (TPSA) is 86.8 Å². The highest BCUT2D eigenvalue weighted by atomic mass is 35.5. The fourth-order valence-corrected chi connectivity index (χ4v) is 5.35. The predicted molar refractivity (Wildman–Crippen MR) is 151 cm³/mol. The van der Waals surface area contributed by atoms with Crippen LogP contribution in [-0.2, 0) is 26.2 Å². The minimum atomic E-state index is -4.26. The quantitative estimate of drug-likeness (QED) is 0.337.